The Bertz CT molecular complexity index is 397. The van der Waals surface area contributed by atoms with Gasteiger partial charge in [0.25, 0.3) is 0 Å². The van der Waals surface area contributed by atoms with E-state index in [0.29, 0.717) is 0 Å². The third kappa shape index (κ3) is 2.30. The zero-order valence-corrected chi connectivity index (χ0v) is 9.42. The monoisotopic (exact) mass is 221 g/mol. The van der Waals surface area contributed by atoms with Crippen LogP contribution in [0.25, 0.3) is 0 Å². The van der Waals surface area contributed by atoms with E-state index in [1.54, 1.807) is 12.1 Å². The van der Waals surface area contributed by atoms with Crippen LogP contribution in [0.2, 0.25) is 0 Å². The molecule has 0 aromatic heterocycles. The third-order valence-electron chi connectivity index (χ3n) is 3.01. The van der Waals surface area contributed by atoms with Crippen molar-refractivity contribution in [3.63, 3.8) is 0 Å². The predicted octanol–water partition coefficient (Wildman–Crippen LogP) is 2.46. The number of aryl methyl sites for hydroxylation is 1. The zero-order valence-electron chi connectivity index (χ0n) is 9.42. The lowest BCUT2D eigenvalue weighted by molar-refractivity contribution is 0.0923. The van der Waals surface area contributed by atoms with Crippen LogP contribution in [0.1, 0.15) is 35.2 Å². The van der Waals surface area contributed by atoms with Gasteiger partial charge in [-0.25, -0.2) is 4.39 Å². The van der Waals surface area contributed by atoms with Gasteiger partial charge in [0.2, 0.25) is 0 Å². The maximum Gasteiger partial charge on any atom is 0.182 e. The lowest BCUT2D eigenvalue weighted by Crippen LogP contribution is -2.40. The van der Waals surface area contributed by atoms with E-state index in [1.807, 2.05) is 6.92 Å². The van der Waals surface area contributed by atoms with Crippen LogP contribution >= 0.6 is 0 Å². The molecule has 0 saturated carbocycles. The first-order chi connectivity index (χ1) is 7.68. The molecule has 0 radical (unpaired) electrons. The average Bonchev–Trinajstić information content (AvgIpc) is 2.32. The van der Waals surface area contributed by atoms with Gasteiger partial charge in [-0.3, -0.25) is 4.79 Å². The summed E-state index contributed by atoms with van der Waals surface area (Å²) >= 11 is 0. The zero-order chi connectivity index (χ0) is 11.5. The van der Waals surface area contributed by atoms with E-state index in [9.17, 15) is 9.18 Å². The molecule has 16 heavy (non-hydrogen) atoms. The highest BCUT2D eigenvalue weighted by molar-refractivity contribution is 6.00. The van der Waals surface area contributed by atoms with Crippen molar-refractivity contribution < 1.29 is 9.18 Å². The van der Waals surface area contributed by atoms with Crippen molar-refractivity contribution in [1.82, 2.24) is 5.32 Å². The summed E-state index contributed by atoms with van der Waals surface area (Å²) in [4.78, 5) is 12.1. The second kappa shape index (κ2) is 4.74. The number of hydrogen-bond acceptors (Lipinski definition) is 2. The quantitative estimate of drug-likeness (QED) is 0.777. The van der Waals surface area contributed by atoms with Crippen molar-refractivity contribution in [1.29, 1.82) is 0 Å². The van der Waals surface area contributed by atoms with E-state index in [4.69, 9.17) is 0 Å². The van der Waals surface area contributed by atoms with Gasteiger partial charge in [-0.05, 0) is 38.4 Å². The third-order valence-corrected chi connectivity index (χ3v) is 3.01. The topological polar surface area (TPSA) is 29.1 Å². The minimum Gasteiger partial charge on any atom is -0.307 e. The normalized spacial score (nSPS) is 20.8. The number of piperidine rings is 1. The molecule has 1 fully saturated rings. The van der Waals surface area contributed by atoms with Gasteiger partial charge in [-0.15, -0.1) is 0 Å². The van der Waals surface area contributed by atoms with Gasteiger partial charge in [0.05, 0.1) is 11.6 Å². The second-order valence-electron chi connectivity index (χ2n) is 4.35. The van der Waals surface area contributed by atoms with Crippen LogP contribution < -0.4 is 5.32 Å². The fourth-order valence-electron chi connectivity index (χ4n) is 2.09. The van der Waals surface area contributed by atoms with Crippen LogP contribution in [0.5, 0.6) is 0 Å². The molecule has 0 aliphatic carbocycles. The summed E-state index contributed by atoms with van der Waals surface area (Å²) in [7, 11) is 0. The van der Waals surface area contributed by atoms with Crippen molar-refractivity contribution in [2.24, 2.45) is 0 Å². The van der Waals surface area contributed by atoms with Crippen molar-refractivity contribution in [2.45, 2.75) is 32.2 Å². The fourth-order valence-corrected chi connectivity index (χ4v) is 2.09. The molecule has 0 spiro atoms. The standard InChI is InChI=1S/C13H16FNO/c1-9-5-6-11(14)10(8-9)13(16)12-4-2-3-7-15-12/h5-6,8,12,15H,2-4,7H2,1H3. The molecule has 3 heteroatoms. The second-order valence-corrected chi connectivity index (χ2v) is 4.35. The van der Waals surface area contributed by atoms with E-state index in [1.165, 1.54) is 6.07 Å². The Morgan fingerprint density at radius 1 is 1.44 bits per heavy atom. The highest BCUT2D eigenvalue weighted by Crippen LogP contribution is 2.16. The molecule has 2 nitrogen and oxygen atoms in total. The predicted molar refractivity (Wildman–Crippen MR) is 61.1 cm³/mol. The molecule has 1 aromatic carbocycles. The summed E-state index contributed by atoms with van der Waals surface area (Å²) in [6.07, 6.45) is 2.95. The lowest BCUT2D eigenvalue weighted by atomic mass is 9.95. The fraction of sp³-hybridized carbons (Fsp3) is 0.462. The van der Waals surface area contributed by atoms with Gasteiger partial charge in [-0.2, -0.15) is 0 Å². The molecule has 1 aliphatic heterocycles. The minimum atomic E-state index is -0.414. The van der Waals surface area contributed by atoms with E-state index in [-0.39, 0.29) is 17.4 Å². The van der Waals surface area contributed by atoms with Crippen LogP contribution in [-0.2, 0) is 0 Å². The molecule has 1 unspecified atom stereocenters. The Kier molecular flexibility index (Phi) is 3.34. The number of Topliss-reactive ketones (excluding diaryl/α,β-unsaturated/α-hetero) is 1. The molecular formula is C13H16FNO. The summed E-state index contributed by atoms with van der Waals surface area (Å²) < 4.78 is 13.5. The maximum atomic E-state index is 13.5. The average molecular weight is 221 g/mol. The molecule has 0 amide bonds. The number of rotatable bonds is 2. The summed E-state index contributed by atoms with van der Waals surface area (Å²) in [5, 5.41) is 3.15. The maximum absolute atomic E-state index is 13.5. The van der Waals surface area contributed by atoms with Gasteiger partial charge in [0.1, 0.15) is 5.82 Å². The summed E-state index contributed by atoms with van der Waals surface area (Å²) in [5.74, 6) is -0.524. The van der Waals surface area contributed by atoms with Crippen LogP contribution in [0.15, 0.2) is 18.2 Å². The van der Waals surface area contributed by atoms with Gasteiger partial charge in [-0.1, -0.05) is 18.1 Å². The molecule has 1 aromatic rings. The largest absolute Gasteiger partial charge is 0.307 e. The van der Waals surface area contributed by atoms with E-state index < -0.39 is 5.82 Å². The molecular weight excluding hydrogens is 205 g/mol. The smallest absolute Gasteiger partial charge is 0.182 e. The molecule has 86 valence electrons. The van der Waals surface area contributed by atoms with Crippen molar-refractivity contribution >= 4 is 5.78 Å². The Labute approximate surface area is 94.9 Å². The van der Waals surface area contributed by atoms with Gasteiger partial charge >= 0.3 is 0 Å². The first-order valence-electron chi connectivity index (χ1n) is 5.72. The Hall–Kier alpha value is -1.22. The van der Waals surface area contributed by atoms with E-state index in [0.717, 1.165) is 31.4 Å². The van der Waals surface area contributed by atoms with Crippen LogP contribution in [0, 0.1) is 12.7 Å². The summed E-state index contributed by atoms with van der Waals surface area (Å²) in [6, 6.07) is 4.48. The molecule has 1 saturated heterocycles. The number of hydrogen-bond donors (Lipinski definition) is 1. The van der Waals surface area contributed by atoms with Crippen molar-refractivity contribution in [2.75, 3.05) is 6.54 Å². The number of carbonyl (C=O) groups is 1. The highest BCUT2D eigenvalue weighted by Gasteiger charge is 2.23. The molecule has 1 aliphatic rings. The van der Waals surface area contributed by atoms with Crippen LogP contribution in [0.4, 0.5) is 4.39 Å². The number of benzene rings is 1. The van der Waals surface area contributed by atoms with E-state index >= 15 is 0 Å². The van der Waals surface area contributed by atoms with Gasteiger partial charge in [0, 0.05) is 0 Å². The Morgan fingerprint density at radius 2 is 2.25 bits per heavy atom. The molecule has 2 rings (SSSR count). The van der Waals surface area contributed by atoms with Crippen molar-refractivity contribution in [3.8, 4) is 0 Å². The minimum absolute atomic E-state index is 0.110. The van der Waals surface area contributed by atoms with E-state index in [2.05, 4.69) is 5.32 Å². The first kappa shape index (κ1) is 11.3. The number of carbonyl (C=O) groups excluding carboxylic acids is 1. The molecule has 1 N–H and O–H groups in total. The first-order valence-corrected chi connectivity index (χ1v) is 5.72. The number of nitrogens with one attached hydrogen (secondary N) is 1. The number of ketones is 1. The SMILES string of the molecule is Cc1ccc(F)c(C(=O)C2CCCCN2)c1. The van der Waals surface area contributed by atoms with Gasteiger partial charge < -0.3 is 5.32 Å². The Balaban J connectivity index is 2.22. The van der Waals surface area contributed by atoms with Crippen LogP contribution in [0.3, 0.4) is 0 Å². The molecule has 1 atom stereocenters. The summed E-state index contributed by atoms with van der Waals surface area (Å²) in [6.45, 7) is 2.72. The summed E-state index contributed by atoms with van der Waals surface area (Å²) in [5.41, 5.74) is 1.14. The van der Waals surface area contributed by atoms with Gasteiger partial charge in [0.15, 0.2) is 5.78 Å². The lowest BCUT2D eigenvalue weighted by Gasteiger charge is -2.22. The van der Waals surface area contributed by atoms with Crippen LogP contribution in [-0.4, -0.2) is 18.4 Å². The molecule has 0 bridgehead atoms. The molecule has 1 heterocycles. The highest BCUT2D eigenvalue weighted by atomic mass is 19.1. The van der Waals surface area contributed by atoms with Crippen molar-refractivity contribution in [3.05, 3.63) is 35.1 Å². The number of halogens is 1. The Morgan fingerprint density at radius 3 is 2.94 bits per heavy atom.